The summed E-state index contributed by atoms with van der Waals surface area (Å²) >= 11 is 0. The minimum absolute atomic E-state index is 0.118. The average Bonchev–Trinajstić information content (AvgIpc) is 2.50. The zero-order chi connectivity index (χ0) is 17.8. The summed E-state index contributed by atoms with van der Waals surface area (Å²) in [6, 6.07) is 7.81. The number of rotatable bonds is 12. The molecule has 136 valence electrons. The van der Waals surface area contributed by atoms with Crippen molar-refractivity contribution in [3.63, 3.8) is 0 Å². The Morgan fingerprint density at radius 3 is 2.50 bits per heavy atom. The SMILES string of the molecule is CCCCCCCCc1cccc(NC(=O)CCCP(=O)(O)O)c1. The Kier molecular flexibility index (Phi) is 9.92. The highest BCUT2D eigenvalue weighted by molar-refractivity contribution is 7.51. The lowest BCUT2D eigenvalue weighted by molar-refractivity contribution is -0.116. The van der Waals surface area contributed by atoms with Crippen molar-refractivity contribution < 1.29 is 19.1 Å². The number of carbonyl (C=O) groups is 1. The molecule has 1 aromatic carbocycles. The Bertz CT molecular complexity index is 542. The van der Waals surface area contributed by atoms with Crippen LogP contribution in [0.3, 0.4) is 0 Å². The third-order valence-corrected chi connectivity index (χ3v) is 4.78. The third kappa shape index (κ3) is 10.6. The van der Waals surface area contributed by atoms with Crippen LogP contribution < -0.4 is 5.32 Å². The van der Waals surface area contributed by atoms with E-state index in [2.05, 4.69) is 18.3 Å². The van der Waals surface area contributed by atoms with E-state index < -0.39 is 7.60 Å². The monoisotopic (exact) mass is 355 g/mol. The molecule has 1 aromatic rings. The van der Waals surface area contributed by atoms with Crippen LogP contribution in [0.5, 0.6) is 0 Å². The second-order valence-corrected chi connectivity index (χ2v) is 8.03. The van der Waals surface area contributed by atoms with Crippen LogP contribution in [-0.2, 0) is 15.8 Å². The first kappa shape index (κ1) is 20.9. The molecule has 0 aliphatic rings. The molecule has 0 bridgehead atoms. The van der Waals surface area contributed by atoms with Gasteiger partial charge in [-0.3, -0.25) is 9.36 Å². The van der Waals surface area contributed by atoms with Crippen molar-refractivity contribution in [2.24, 2.45) is 0 Å². The lowest BCUT2D eigenvalue weighted by atomic mass is 10.0. The zero-order valence-corrected chi connectivity index (χ0v) is 15.4. The van der Waals surface area contributed by atoms with E-state index in [1.54, 1.807) is 0 Å². The molecule has 0 atom stereocenters. The Morgan fingerprint density at radius 1 is 1.08 bits per heavy atom. The molecule has 1 amide bonds. The smallest absolute Gasteiger partial charge is 0.325 e. The molecule has 0 unspecified atom stereocenters. The number of amides is 1. The molecule has 0 fully saturated rings. The van der Waals surface area contributed by atoms with Crippen molar-refractivity contribution in [3.05, 3.63) is 29.8 Å². The summed E-state index contributed by atoms with van der Waals surface area (Å²) in [6.07, 6.45) is 8.61. The van der Waals surface area contributed by atoms with Gasteiger partial charge in [0, 0.05) is 12.1 Å². The standard InChI is InChI=1S/C18H30NO4P/c1-2-3-4-5-6-7-10-16-11-8-12-17(15-16)19-18(20)13-9-14-24(21,22)23/h8,11-12,15H,2-7,9-10,13-14H2,1H3,(H,19,20)(H2,21,22,23). The first-order valence-corrected chi connectivity index (χ1v) is 10.6. The molecule has 24 heavy (non-hydrogen) atoms. The highest BCUT2D eigenvalue weighted by Crippen LogP contribution is 2.35. The van der Waals surface area contributed by atoms with Gasteiger partial charge in [0.2, 0.25) is 5.91 Å². The highest BCUT2D eigenvalue weighted by Gasteiger charge is 2.13. The van der Waals surface area contributed by atoms with E-state index in [1.165, 1.54) is 37.7 Å². The summed E-state index contributed by atoms with van der Waals surface area (Å²) in [5.41, 5.74) is 1.96. The lowest BCUT2D eigenvalue weighted by Gasteiger charge is -2.08. The van der Waals surface area contributed by atoms with Crippen LogP contribution >= 0.6 is 7.60 Å². The third-order valence-electron chi connectivity index (χ3n) is 3.88. The Balaban J connectivity index is 2.31. The van der Waals surface area contributed by atoms with E-state index in [-0.39, 0.29) is 24.9 Å². The van der Waals surface area contributed by atoms with Gasteiger partial charge in [0.15, 0.2) is 0 Å². The fraction of sp³-hybridized carbons (Fsp3) is 0.611. The summed E-state index contributed by atoms with van der Waals surface area (Å²) in [5, 5.41) is 2.79. The number of hydrogen-bond acceptors (Lipinski definition) is 2. The molecule has 3 N–H and O–H groups in total. The van der Waals surface area contributed by atoms with Gasteiger partial charge >= 0.3 is 7.60 Å². The first-order chi connectivity index (χ1) is 11.4. The van der Waals surface area contributed by atoms with Crippen LogP contribution in [0.1, 0.15) is 63.9 Å². The maximum Gasteiger partial charge on any atom is 0.325 e. The van der Waals surface area contributed by atoms with Crippen LogP contribution in [0, 0.1) is 0 Å². The van der Waals surface area contributed by atoms with E-state index in [1.807, 2.05) is 18.2 Å². The van der Waals surface area contributed by atoms with Crippen molar-refractivity contribution >= 4 is 19.2 Å². The van der Waals surface area contributed by atoms with Gasteiger partial charge < -0.3 is 15.1 Å². The molecule has 0 saturated heterocycles. The van der Waals surface area contributed by atoms with Gasteiger partial charge in [-0.15, -0.1) is 0 Å². The van der Waals surface area contributed by atoms with Gasteiger partial charge in [0.25, 0.3) is 0 Å². The lowest BCUT2D eigenvalue weighted by Crippen LogP contribution is -2.12. The van der Waals surface area contributed by atoms with Crippen molar-refractivity contribution in [3.8, 4) is 0 Å². The quantitative estimate of drug-likeness (QED) is 0.381. The van der Waals surface area contributed by atoms with Crippen molar-refractivity contribution in [2.75, 3.05) is 11.5 Å². The molecule has 5 nitrogen and oxygen atoms in total. The van der Waals surface area contributed by atoms with Gasteiger partial charge in [0.05, 0.1) is 6.16 Å². The Morgan fingerprint density at radius 2 is 1.79 bits per heavy atom. The van der Waals surface area contributed by atoms with E-state index in [4.69, 9.17) is 9.79 Å². The number of aryl methyl sites for hydroxylation is 1. The van der Waals surface area contributed by atoms with Crippen molar-refractivity contribution in [1.82, 2.24) is 0 Å². The van der Waals surface area contributed by atoms with Gasteiger partial charge in [-0.1, -0.05) is 51.2 Å². The molecular formula is C18H30NO4P. The predicted octanol–water partition coefficient (Wildman–Crippen LogP) is 4.49. The molecule has 0 aromatic heterocycles. The number of carbonyl (C=O) groups excluding carboxylic acids is 1. The molecule has 0 aliphatic heterocycles. The highest BCUT2D eigenvalue weighted by atomic mass is 31.2. The minimum atomic E-state index is -4.02. The molecule has 0 heterocycles. The number of nitrogens with one attached hydrogen (secondary N) is 1. The van der Waals surface area contributed by atoms with Crippen LogP contribution in [0.4, 0.5) is 5.69 Å². The molecule has 0 aliphatic carbocycles. The minimum Gasteiger partial charge on any atom is -0.326 e. The average molecular weight is 355 g/mol. The molecule has 0 saturated carbocycles. The van der Waals surface area contributed by atoms with Gasteiger partial charge in [-0.25, -0.2) is 0 Å². The Labute approximate surface area is 145 Å². The maximum atomic E-state index is 11.8. The van der Waals surface area contributed by atoms with Crippen molar-refractivity contribution in [1.29, 1.82) is 0 Å². The van der Waals surface area contributed by atoms with Gasteiger partial charge in [-0.2, -0.15) is 0 Å². The summed E-state index contributed by atoms with van der Waals surface area (Å²) in [5.74, 6) is -0.208. The van der Waals surface area contributed by atoms with E-state index in [0.717, 1.165) is 18.5 Å². The molecule has 1 rings (SSSR count). The molecule has 0 spiro atoms. The normalized spacial score (nSPS) is 11.5. The molecule has 6 heteroatoms. The number of unbranched alkanes of at least 4 members (excludes halogenated alkanes) is 5. The van der Waals surface area contributed by atoms with Crippen LogP contribution in [0.15, 0.2) is 24.3 Å². The number of hydrogen-bond donors (Lipinski definition) is 3. The maximum absolute atomic E-state index is 11.8. The topological polar surface area (TPSA) is 86.6 Å². The fourth-order valence-electron chi connectivity index (χ4n) is 2.58. The predicted molar refractivity (Wildman–Crippen MR) is 98.3 cm³/mol. The summed E-state index contributed by atoms with van der Waals surface area (Å²) < 4.78 is 10.8. The molecular weight excluding hydrogens is 325 g/mol. The number of benzene rings is 1. The fourth-order valence-corrected chi connectivity index (χ4v) is 3.15. The Hall–Kier alpha value is -1.16. The largest absolute Gasteiger partial charge is 0.326 e. The second-order valence-electron chi connectivity index (χ2n) is 6.26. The summed E-state index contributed by atoms with van der Waals surface area (Å²) in [7, 11) is -4.02. The van der Waals surface area contributed by atoms with Crippen LogP contribution in [0.2, 0.25) is 0 Å². The number of anilines is 1. The zero-order valence-electron chi connectivity index (χ0n) is 14.5. The summed E-state index contributed by atoms with van der Waals surface area (Å²) in [4.78, 5) is 29.4. The molecule has 0 radical (unpaired) electrons. The van der Waals surface area contributed by atoms with Crippen LogP contribution in [0.25, 0.3) is 0 Å². The van der Waals surface area contributed by atoms with E-state index >= 15 is 0 Å². The van der Waals surface area contributed by atoms with E-state index in [0.29, 0.717) is 0 Å². The van der Waals surface area contributed by atoms with Gasteiger partial charge in [0.1, 0.15) is 0 Å². The second kappa shape index (κ2) is 11.4. The van der Waals surface area contributed by atoms with Gasteiger partial charge in [-0.05, 0) is 37.0 Å². The van der Waals surface area contributed by atoms with Crippen molar-refractivity contribution in [2.45, 2.75) is 64.7 Å². The first-order valence-electron chi connectivity index (χ1n) is 8.84. The van der Waals surface area contributed by atoms with Crippen LogP contribution in [-0.4, -0.2) is 21.9 Å². The summed E-state index contributed by atoms with van der Waals surface area (Å²) in [6.45, 7) is 2.21. The van der Waals surface area contributed by atoms with E-state index in [9.17, 15) is 9.36 Å².